The number of amides is 1. The van der Waals surface area contributed by atoms with Gasteiger partial charge in [-0.05, 0) is 39.5 Å². The molecule has 1 rings (SSSR count). The second-order valence-corrected chi connectivity index (χ2v) is 6.73. The molecule has 0 unspecified atom stereocenters. The Labute approximate surface area is 114 Å². The van der Waals surface area contributed by atoms with Crippen molar-refractivity contribution in [3.63, 3.8) is 0 Å². The van der Waals surface area contributed by atoms with Crippen LogP contribution < -0.4 is 10.5 Å². The minimum absolute atomic E-state index is 0.241. The van der Waals surface area contributed by atoms with Gasteiger partial charge in [-0.1, -0.05) is 20.8 Å². The molecule has 0 atom stereocenters. The van der Waals surface area contributed by atoms with Crippen molar-refractivity contribution in [2.75, 3.05) is 5.75 Å². The van der Waals surface area contributed by atoms with E-state index in [0.717, 1.165) is 15.1 Å². The van der Waals surface area contributed by atoms with E-state index >= 15 is 0 Å². The van der Waals surface area contributed by atoms with E-state index in [0.29, 0.717) is 5.75 Å². The van der Waals surface area contributed by atoms with Crippen molar-refractivity contribution in [2.24, 2.45) is 11.1 Å². The Morgan fingerprint density at radius 2 is 2.12 bits per heavy atom. The first-order valence-electron chi connectivity index (χ1n) is 5.17. The van der Waals surface area contributed by atoms with Crippen LogP contribution in [0.5, 0.6) is 5.75 Å². The van der Waals surface area contributed by atoms with Gasteiger partial charge in [0.25, 0.3) is 0 Å². The highest BCUT2D eigenvalue weighted by atomic mass is 79.9. The molecule has 0 aliphatic carbocycles. The van der Waals surface area contributed by atoms with E-state index in [4.69, 9.17) is 10.5 Å². The Balaban J connectivity index is 2.80. The molecule has 3 nitrogen and oxygen atoms in total. The Bertz CT molecular complexity index is 415. The highest BCUT2D eigenvalue weighted by Gasteiger charge is 2.13. The smallest absolute Gasteiger partial charge is 0.409 e. The van der Waals surface area contributed by atoms with Crippen molar-refractivity contribution in [3.8, 4) is 5.75 Å². The van der Waals surface area contributed by atoms with E-state index in [1.807, 2.05) is 12.1 Å². The zero-order valence-electron chi connectivity index (χ0n) is 10.1. The number of halogens is 1. The van der Waals surface area contributed by atoms with Crippen molar-refractivity contribution in [1.82, 2.24) is 0 Å². The molecule has 1 amide bonds. The van der Waals surface area contributed by atoms with Crippen molar-refractivity contribution in [3.05, 3.63) is 22.7 Å². The number of nitrogens with two attached hydrogens (primary N) is 1. The molecule has 0 saturated carbocycles. The summed E-state index contributed by atoms with van der Waals surface area (Å²) in [6.45, 7) is 6.53. The van der Waals surface area contributed by atoms with E-state index in [-0.39, 0.29) is 5.41 Å². The lowest BCUT2D eigenvalue weighted by atomic mass is 10.0. The molecule has 0 aliphatic rings. The molecule has 5 heteroatoms. The summed E-state index contributed by atoms with van der Waals surface area (Å²) in [4.78, 5) is 11.7. The van der Waals surface area contributed by atoms with Gasteiger partial charge in [-0.15, -0.1) is 11.8 Å². The number of thioether (sulfide) groups is 1. The first-order chi connectivity index (χ1) is 7.78. The minimum Gasteiger partial charge on any atom is -0.410 e. The minimum atomic E-state index is -0.793. The molecule has 0 aromatic heterocycles. The first-order valence-corrected chi connectivity index (χ1v) is 6.95. The lowest BCUT2D eigenvalue weighted by molar-refractivity contribution is 0.211. The van der Waals surface area contributed by atoms with E-state index < -0.39 is 6.09 Å². The number of hydrogen-bond donors (Lipinski definition) is 1. The fraction of sp³-hybridized carbons (Fsp3) is 0.417. The molecule has 0 bridgehead atoms. The Morgan fingerprint density at radius 1 is 1.47 bits per heavy atom. The molecule has 0 saturated heterocycles. The fourth-order valence-electron chi connectivity index (χ4n) is 1.07. The van der Waals surface area contributed by atoms with Crippen molar-refractivity contribution >= 4 is 33.8 Å². The molecule has 17 heavy (non-hydrogen) atoms. The number of carbonyl (C=O) groups is 1. The van der Waals surface area contributed by atoms with Crippen LogP contribution in [0.3, 0.4) is 0 Å². The maximum absolute atomic E-state index is 10.7. The topological polar surface area (TPSA) is 52.3 Å². The van der Waals surface area contributed by atoms with Gasteiger partial charge in [-0.3, -0.25) is 0 Å². The van der Waals surface area contributed by atoms with Crippen LogP contribution in [0.1, 0.15) is 20.8 Å². The number of carbonyl (C=O) groups excluding carboxylic acids is 1. The first kappa shape index (κ1) is 14.4. The second-order valence-electron chi connectivity index (χ2n) is 4.86. The average Bonchev–Trinajstić information content (AvgIpc) is 2.17. The third-order valence-electron chi connectivity index (χ3n) is 1.78. The number of hydrogen-bond acceptors (Lipinski definition) is 3. The van der Waals surface area contributed by atoms with Gasteiger partial charge in [-0.25, -0.2) is 4.79 Å². The van der Waals surface area contributed by atoms with E-state index in [2.05, 4.69) is 36.7 Å². The summed E-state index contributed by atoms with van der Waals surface area (Å²) in [6.07, 6.45) is -0.793. The third kappa shape index (κ3) is 5.46. The predicted octanol–water partition coefficient (Wildman–Crippen LogP) is 4.04. The fourth-order valence-corrected chi connectivity index (χ4v) is 2.65. The zero-order chi connectivity index (χ0) is 13.1. The van der Waals surface area contributed by atoms with Crippen LogP contribution in [-0.4, -0.2) is 11.8 Å². The van der Waals surface area contributed by atoms with Gasteiger partial charge >= 0.3 is 6.09 Å². The number of ether oxygens (including phenoxy) is 1. The highest BCUT2D eigenvalue weighted by molar-refractivity contribution is 9.10. The monoisotopic (exact) mass is 317 g/mol. The number of primary amides is 1. The quantitative estimate of drug-likeness (QED) is 0.856. The highest BCUT2D eigenvalue weighted by Crippen LogP contribution is 2.34. The SMILES string of the molecule is CC(C)(C)CSc1cc(OC(N)=O)ccc1Br. The predicted molar refractivity (Wildman–Crippen MR) is 74.5 cm³/mol. The van der Waals surface area contributed by atoms with Gasteiger partial charge in [0, 0.05) is 15.1 Å². The molecule has 0 heterocycles. The van der Waals surface area contributed by atoms with Crippen LogP contribution in [0.2, 0.25) is 0 Å². The summed E-state index contributed by atoms with van der Waals surface area (Å²) < 4.78 is 5.84. The Kier molecular flexibility index (Phi) is 4.89. The van der Waals surface area contributed by atoms with Gasteiger partial charge in [-0.2, -0.15) is 0 Å². The van der Waals surface area contributed by atoms with E-state index in [1.165, 1.54) is 0 Å². The largest absolute Gasteiger partial charge is 0.410 e. The van der Waals surface area contributed by atoms with Gasteiger partial charge in [0.05, 0.1) is 0 Å². The molecule has 1 aromatic rings. The standard InChI is InChI=1S/C12H16BrNO2S/c1-12(2,3)7-17-10-6-8(16-11(14)15)4-5-9(10)13/h4-6H,7H2,1-3H3,(H2,14,15). The third-order valence-corrected chi connectivity index (χ3v) is 4.39. The van der Waals surface area contributed by atoms with Crippen molar-refractivity contribution < 1.29 is 9.53 Å². The number of benzene rings is 1. The lowest BCUT2D eigenvalue weighted by Gasteiger charge is -2.18. The molecule has 94 valence electrons. The Hall–Kier alpha value is -0.680. The van der Waals surface area contributed by atoms with Gasteiger partial charge in [0.15, 0.2) is 0 Å². The molecule has 0 spiro atoms. The van der Waals surface area contributed by atoms with Gasteiger partial charge < -0.3 is 10.5 Å². The summed E-state index contributed by atoms with van der Waals surface area (Å²) in [5.74, 6) is 1.45. The van der Waals surface area contributed by atoms with Crippen LogP contribution >= 0.6 is 27.7 Å². The molecule has 0 radical (unpaired) electrons. The van der Waals surface area contributed by atoms with Crippen molar-refractivity contribution in [2.45, 2.75) is 25.7 Å². The summed E-state index contributed by atoms with van der Waals surface area (Å²) in [5.41, 5.74) is 5.22. The van der Waals surface area contributed by atoms with Crippen LogP contribution in [0.15, 0.2) is 27.6 Å². The van der Waals surface area contributed by atoms with Crippen LogP contribution in [0, 0.1) is 5.41 Å². The van der Waals surface area contributed by atoms with E-state index in [1.54, 1.807) is 17.8 Å². The summed E-state index contributed by atoms with van der Waals surface area (Å²) in [5, 5.41) is 0. The number of rotatable bonds is 3. The van der Waals surface area contributed by atoms with Crippen LogP contribution in [0.4, 0.5) is 4.79 Å². The van der Waals surface area contributed by atoms with Crippen molar-refractivity contribution in [1.29, 1.82) is 0 Å². The van der Waals surface area contributed by atoms with E-state index in [9.17, 15) is 4.79 Å². The molecule has 2 N–H and O–H groups in total. The Morgan fingerprint density at radius 3 is 2.65 bits per heavy atom. The lowest BCUT2D eigenvalue weighted by Crippen LogP contribution is -2.16. The van der Waals surface area contributed by atoms with Gasteiger partial charge in [0.2, 0.25) is 0 Å². The average molecular weight is 318 g/mol. The normalized spacial score (nSPS) is 11.3. The second kappa shape index (κ2) is 5.78. The molecule has 1 aromatic carbocycles. The van der Waals surface area contributed by atoms with Crippen LogP contribution in [0.25, 0.3) is 0 Å². The molecule has 0 aliphatic heterocycles. The maximum atomic E-state index is 10.7. The zero-order valence-corrected chi connectivity index (χ0v) is 12.5. The van der Waals surface area contributed by atoms with Gasteiger partial charge in [0.1, 0.15) is 5.75 Å². The summed E-state index contributed by atoms with van der Waals surface area (Å²) >= 11 is 5.19. The molecular weight excluding hydrogens is 302 g/mol. The summed E-state index contributed by atoms with van der Waals surface area (Å²) in [6, 6.07) is 5.37. The molecular formula is C12H16BrNO2S. The summed E-state index contributed by atoms with van der Waals surface area (Å²) in [7, 11) is 0. The van der Waals surface area contributed by atoms with Crippen LogP contribution in [-0.2, 0) is 0 Å². The maximum Gasteiger partial charge on any atom is 0.409 e. The molecule has 0 fully saturated rings.